The van der Waals surface area contributed by atoms with E-state index in [0.717, 1.165) is 27.8 Å². The number of hydrogen-bond donors (Lipinski definition) is 1. The van der Waals surface area contributed by atoms with E-state index in [0.29, 0.717) is 6.61 Å². The van der Waals surface area contributed by atoms with Gasteiger partial charge in [0.15, 0.2) is 18.9 Å². The Morgan fingerprint density at radius 1 is 0.419 bits per heavy atom. The molecule has 1 N–H and O–H groups in total. The lowest BCUT2D eigenvalue weighted by Gasteiger charge is -2.51. The molecule has 8 rings (SSSR count). The second-order valence-corrected chi connectivity index (χ2v) is 18.6. The summed E-state index contributed by atoms with van der Waals surface area (Å²) in [6, 6.07) is 49.6. The van der Waals surface area contributed by atoms with E-state index in [4.69, 9.17) is 61.6 Å². The van der Waals surface area contributed by atoms with Crippen molar-refractivity contribution in [2.45, 2.75) is 139 Å². The summed E-state index contributed by atoms with van der Waals surface area (Å²) < 4.78 is 87.4. The van der Waals surface area contributed by atoms with Crippen LogP contribution in [0.25, 0.3) is 0 Å². The summed E-state index contributed by atoms with van der Waals surface area (Å²) in [5, 5.41) is 12.1. The summed E-state index contributed by atoms with van der Waals surface area (Å²) in [5.41, 5.74) is 4.77. The smallest absolute Gasteiger partial charge is 0.187 e. The Morgan fingerprint density at radius 3 is 1.28 bits per heavy atom. The first kappa shape index (κ1) is 55.3. The molecule has 0 spiro atoms. The maximum absolute atomic E-state index is 12.1. The minimum Gasteiger partial charge on any atom is -0.385 e. The van der Waals surface area contributed by atoms with Crippen LogP contribution in [-0.4, -0.2) is 124 Å². The second-order valence-electron chi connectivity index (χ2n) is 18.6. The molecular formula is C60H72O14. The van der Waals surface area contributed by atoms with Gasteiger partial charge in [-0.2, -0.15) is 0 Å². The molecule has 3 aliphatic rings. The first-order valence-corrected chi connectivity index (χ1v) is 25.5. The van der Waals surface area contributed by atoms with Gasteiger partial charge in [-0.25, -0.2) is 0 Å². The lowest BCUT2D eigenvalue weighted by atomic mass is 9.95. The topological polar surface area (TPSA) is 140 Å². The van der Waals surface area contributed by atoms with Gasteiger partial charge < -0.3 is 66.7 Å². The number of aliphatic hydroxyl groups is 1. The van der Waals surface area contributed by atoms with Crippen LogP contribution in [0.15, 0.2) is 177 Å². The number of aliphatic hydroxyl groups excluding tert-OH is 1. The average molecular weight is 1020 g/mol. The predicted octanol–water partition coefficient (Wildman–Crippen LogP) is 8.68. The highest BCUT2D eigenvalue weighted by Crippen LogP contribution is 2.38. The Hall–Kier alpha value is -4.98. The number of ether oxygens (including phenoxy) is 13. The Balaban J connectivity index is 1.19. The molecule has 3 aliphatic heterocycles. The monoisotopic (exact) mass is 1020 g/mol. The van der Waals surface area contributed by atoms with Crippen LogP contribution >= 0.6 is 0 Å². The van der Waals surface area contributed by atoms with Crippen molar-refractivity contribution in [1.29, 1.82) is 0 Å². The van der Waals surface area contributed by atoms with E-state index in [1.54, 1.807) is 12.2 Å². The van der Waals surface area contributed by atoms with E-state index in [1.807, 2.05) is 166 Å². The van der Waals surface area contributed by atoms with Crippen LogP contribution in [0.3, 0.4) is 0 Å². The first-order chi connectivity index (χ1) is 36.3. The van der Waals surface area contributed by atoms with Gasteiger partial charge in [0.05, 0.1) is 65.1 Å². The van der Waals surface area contributed by atoms with E-state index in [9.17, 15) is 5.11 Å². The second kappa shape index (κ2) is 28.8. The zero-order valence-electron chi connectivity index (χ0n) is 42.6. The molecule has 14 heteroatoms. The summed E-state index contributed by atoms with van der Waals surface area (Å²) >= 11 is 0. The SMILES string of the molecule is C=CCO[C@@H]1[C@@H](OCC=C)[C@@H](O)[C@H](O[C@H]2[C@H](OC)O[C@@H](C)[C@H](OCc3ccccc3)[C@H]2OC2OC(COCc3ccccc3)C(OCc3ccccc3)C(OCc3ccccc3)C2OCc2ccccc2)O[C@H]1C. The van der Waals surface area contributed by atoms with E-state index < -0.39 is 92.1 Å². The molecule has 0 radical (unpaired) electrons. The van der Waals surface area contributed by atoms with Gasteiger partial charge in [0.1, 0.15) is 61.0 Å². The number of benzene rings is 5. The van der Waals surface area contributed by atoms with Crippen LogP contribution in [0.1, 0.15) is 41.7 Å². The molecule has 3 fully saturated rings. The summed E-state index contributed by atoms with van der Waals surface area (Å²) in [7, 11) is 1.52. The number of hydrogen-bond acceptors (Lipinski definition) is 14. The largest absolute Gasteiger partial charge is 0.385 e. The number of methoxy groups -OCH3 is 1. The van der Waals surface area contributed by atoms with Crippen LogP contribution in [0, 0.1) is 0 Å². The van der Waals surface area contributed by atoms with Crippen LogP contribution in [0.5, 0.6) is 0 Å². The molecule has 74 heavy (non-hydrogen) atoms. The molecule has 0 saturated carbocycles. The molecule has 5 aromatic carbocycles. The highest BCUT2D eigenvalue weighted by molar-refractivity contribution is 5.17. The molecule has 3 heterocycles. The van der Waals surface area contributed by atoms with Crippen molar-refractivity contribution < 1.29 is 66.7 Å². The van der Waals surface area contributed by atoms with Crippen molar-refractivity contribution >= 4 is 0 Å². The van der Waals surface area contributed by atoms with Crippen LogP contribution in [0.2, 0.25) is 0 Å². The van der Waals surface area contributed by atoms with Crippen molar-refractivity contribution in [3.05, 3.63) is 205 Å². The summed E-state index contributed by atoms with van der Waals surface area (Å²) in [6.07, 6.45) is -10.6. The quantitative estimate of drug-likeness (QED) is 0.0502. The fraction of sp³-hybridized carbons (Fsp3) is 0.433. The molecule has 0 amide bonds. The van der Waals surface area contributed by atoms with Gasteiger partial charge in [-0.1, -0.05) is 164 Å². The van der Waals surface area contributed by atoms with E-state index >= 15 is 0 Å². The fourth-order valence-electron chi connectivity index (χ4n) is 9.51. The summed E-state index contributed by atoms with van der Waals surface area (Å²) in [5.74, 6) is 0. The molecule has 3 saturated heterocycles. The van der Waals surface area contributed by atoms with Gasteiger partial charge in [-0.05, 0) is 41.7 Å². The average Bonchev–Trinajstić information content (AvgIpc) is 3.43. The van der Waals surface area contributed by atoms with Crippen molar-refractivity contribution in [3.63, 3.8) is 0 Å². The molecule has 0 aliphatic carbocycles. The zero-order valence-corrected chi connectivity index (χ0v) is 42.6. The van der Waals surface area contributed by atoms with E-state index in [2.05, 4.69) is 13.2 Å². The zero-order chi connectivity index (χ0) is 51.5. The Kier molecular flexibility index (Phi) is 21.5. The highest BCUT2D eigenvalue weighted by Gasteiger charge is 2.56. The van der Waals surface area contributed by atoms with Crippen LogP contribution in [0.4, 0.5) is 0 Å². The first-order valence-electron chi connectivity index (χ1n) is 25.5. The maximum Gasteiger partial charge on any atom is 0.187 e. The van der Waals surface area contributed by atoms with E-state index in [-0.39, 0.29) is 46.2 Å². The highest BCUT2D eigenvalue weighted by atomic mass is 16.8. The molecule has 5 unspecified atom stereocenters. The van der Waals surface area contributed by atoms with Gasteiger partial charge in [-0.15, -0.1) is 13.2 Å². The summed E-state index contributed by atoms with van der Waals surface area (Å²) in [4.78, 5) is 0. The van der Waals surface area contributed by atoms with Gasteiger partial charge in [0.2, 0.25) is 0 Å². The van der Waals surface area contributed by atoms with Crippen molar-refractivity contribution in [2.24, 2.45) is 0 Å². The minimum atomic E-state index is -1.35. The lowest BCUT2D eigenvalue weighted by molar-refractivity contribution is -0.395. The third-order valence-corrected chi connectivity index (χ3v) is 13.2. The molecule has 5 aromatic rings. The Bertz CT molecular complexity index is 2350. The molecular weight excluding hydrogens is 945 g/mol. The minimum absolute atomic E-state index is 0.102. The summed E-state index contributed by atoms with van der Waals surface area (Å²) in [6.45, 7) is 13.0. The van der Waals surface area contributed by atoms with Gasteiger partial charge in [0, 0.05) is 7.11 Å². The Morgan fingerprint density at radius 2 is 0.811 bits per heavy atom. The maximum atomic E-state index is 12.1. The molecule has 15 atom stereocenters. The standard InChI is InChI=1S/C60H72O14/c1-6-33-64-50-41(3)70-58(49(61)53(50)65-34-7-2)74-57-55(51(42(4)71-59(57)62-5)66-36-44-25-15-9-16-26-44)73-60-56(69-39-47-31-21-12-22-32-47)54(68-38-46-29-19-11-20-30-46)52(67-37-45-27-17-10-18-28-45)48(72-60)40-63-35-43-23-13-8-14-24-43/h6-32,41-42,48-61H,1-2,33-40H2,3-5H3/t41-,42-,48?,49+,50-,51-,52?,53-,54?,55+,56?,57+,58-,59+,60?/m0/s1. The van der Waals surface area contributed by atoms with Crippen molar-refractivity contribution in [3.8, 4) is 0 Å². The van der Waals surface area contributed by atoms with Gasteiger partial charge in [-0.3, -0.25) is 0 Å². The van der Waals surface area contributed by atoms with Crippen molar-refractivity contribution in [1.82, 2.24) is 0 Å². The van der Waals surface area contributed by atoms with E-state index in [1.165, 1.54) is 7.11 Å². The van der Waals surface area contributed by atoms with Gasteiger partial charge in [0.25, 0.3) is 0 Å². The fourth-order valence-corrected chi connectivity index (χ4v) is 9.51. The van der Waals surface area contributed by atoms with Crippen LogP contribution < -0.4 is 0 Å². The Labute approximate surface area is 435 Å². The third kappa shape index (κ3) is 15.1. The molecule has 0 bridgehead atoms. The lowest BCUT2D eigenvalue weighted by Crippen LogP contribution is -2.67. The molecule has 0 aromatic heterocycles. The predicted molar refractivity (Wildman–Crippen MR) is 276 cm³/mol. The van der Waals surface area contributed by atoms with Crippen LogP contribution in [-0.2, 0) is 94.6 Å². The normalized spacial score (nSPS) is 30.1. The molecule has 14 nitrogen and oxygen atoms in total. The number of rotatable bonds is 27. The molecule has 396 valence electrons. The van der Waals surface area contributed by atoms with Crippen molar-refractivity contribution in [2.75, 3.05) is 26.9 Å². The third-order valence-electron chi connectivity index (χ3n) is 13.2. The van der Waals surface area contributed by atoms with Gasteiger partial charge >= 0.3 is 0 Å².